The van der Waals surface area contributed by atoms with Gasteiger partial charge in [0.15, 0.2) is 0 Å². The molecular weight excluding hydrogens is 368 g/mol. The van der Waals surface area contributed by atoms with Gasteiger partial charge in [0, 0.05) is 29.7 Å². The Balaban J connectivity index is 2.45. The summed E-state index contributed by atoms with van der Waals surface area (Å²) in [6.45, 7) is 0.457. The average Bonchev–Trinajstić information content (AvgIpc) is 2.38. The highest BCUT2D eigenvalue weighted by molar-refractivity contribution is 9.10. The van der Waals surface area contributed by atoms with E-state index in [0.717, 1.165) is 4.47 Å². The first-order chi connectivity index (χ1) is 9.45. The van der Waals surface area contributed by atoms with Crippen LogP contribution in [0.25, 0.3) is 10.9 Å². The maximum atomic E-state index is 12.1. The first-order valence-corrected chi connectivity index (χ1v) is 8.33. The van der Waals surface area contributed by atoms with Crippen molar-refractivity contribution in [2.75, 3.05) is 20.3 Å². The summed E-state index contributed by atoms with van der Waals surface area (Å²) in [7, 11) is -2.20. The summed E-state index contributed by atoms with van der Waals surface area (Å²) in [5.74, 6) is 0. The third-order valence-electron chi connectivity index (χ3n) is 2.62. The molecule has 0 aliphatic rings. The molecule has 0 atom stereocenters. The fourth-order valence-corrected chi connectivity index (χ4v) is 3.57. The van der Waals surface area contributed by atoms with Crippen molar-refractivity contribution in [2.45, 2.75) is 4.90 Å². The number of fused-ring (bicyclic) bond motifs is 1. The number of nitrogens with zero attached hydrogens (tertiary/aromatic N) is 1. The minimum Gasteiger partial charge on any atom is -0.383 e. The molecule has 5 nitrogen and oxygen atoms in total. The highest BCUT2D eigenvalue weighted by Gasteiger charge is 2.20. The van der Waals surface area contributed by atoms with Gasteiger partial charge in [-0.15, -0.1) is 0 Å². The van der Waals surface area contributed by atoms with Gasteiger partial charge in [0.25, 0.3) is 0 Å². The lowest BCUT2D eigenvalue weighted by Crippen LogP contribution is -2.27. The van der Waals surface area contributed by atoms with Crippen LogP contribution in [0.4, 0.5) is 0 Å². The van der Waals surface area contributed by atoms with Gasteiger partial charge in [-0.05, 0) is 12.1 Å². The summed E-state index contributed by atoms with van der Waals surface area (Å²) < 4.78 is 32.3. The largest absolute Gasteiger partial charge is 0.383 e. The number of nitrogens with one attached hydrogen (secondary N) is 1. The van der Waals surface area contributed by atoms with Gasteiger partial charge in [0.05, 0.1) is 17.1 Å². The van der Waals surface area contributed by atoms with Crippen LogP contribution in [0.3, 0.4) is 0 Å². The number of methoxy groups -OCH3 is 1. The van der Waals surface area contributed by atoms with Gasteiger partial charge in [0.2, 0.25) is 10.0 Å². The first-order valence-electron chi connectivity index (χ1n) is 5.68. The highest BCUT2D eigenvalue weighted by Crippen LogP contribution is 2.30. The van der Waals surface area contributed by atoms with E-state index in [-0.39, 0.29) is 23.1 Å². The summed E-state index contributed by atoms with van der Waals surface area (Å²) in [6, 6.07) is 5.28. The molecule has 0 bridgehead atoms. The number of pyridine rings is 1. The van der Waals surface area contributed by atoms with Gasteiger partial charge in [-0.1, -0.05) is 33.6 Å². The predicted molar refractivity (Wildman–Crippen MR) is 81.5 cm³/mol. The zero-order chi connectivity index (χ0) is 14.8. The Morgan fingerprint density at radius 2 is 2.20 bits per heavy atom. The number of sulfonamides is 1. The third kappa shape index (κ3) is 3.29. The molecule has 1 aromatic heterocycles. The average molecular weight is 380 g/mol. The molecule has 20 heavy (non-hydrogen) atoms. The van der Waals surface area contributed by atoms with E-state index >= 15 is 0 Å². The number of halogens is 2. The standard InChI is InChI=1S/C12H12BrClN2O3S/c1-19-5-4-16-20(17,18)11-7-15-10-6-8(13)2-3-9(10)12(11)14/h2-3,6-7,16H,4-5H2,1H3. The van der Waals surface area contributed by atoms with Crippen LogP contribution in [-0.2, 0) is 14.8 Å². The zero-order valence-corrected chi connectivity index (χ0v) is 13.7. The van der Waals surface area contributed by atoms with Gasteiger partial charge < -0.3 is 4.74 Å². The lowest BCUT2D eigenvalue weighted by Gasteiger charge is -2.09. The Labute approximate surface area is 130 Å². The summed E-state index contributed by atoms with van der Waals surface area (Å²) in [6.07, 6.45) is 1.26. The number of aromatic nitrogens is 1. The number of benzene rings is 1. The summed E-state index contributed by atoms with van der Waals surface area (Å²) in [4.78, 5) is 4.10. The Kier molecular flexibility index (Phi) is 4.98. The van der Waals surface area contributed by atoms with Gasteiger partial charge in [-0.2, -0.15) is 0 Å². The van der Waals surface area contributed by atoms with E-state index in [1.165, 1.54) is 13.3 Å². The van der Waals surface area contributed by atoms with E-state index in [0.29, 0.717) is 10.9 Å². The number of hydrogen-bond acceptors (Lipinski definition) is 4. The van der Waals surface area contributed by atoms with E-state index in [1.807, 2.05) is 0 Å². The number of ether oxygens (including phenoxy) is 1. The van der Waals surface area contributed by atoms with Gasteiger partial charge in [-0.3, -0.25) is 4.98 Å². The van der Waals surface area contributed by atoms with Crippen molar-refractivity contribution < 1.29 is 13.2 Å². The molecule has 0 aliphatic heterocycles. The second kappa shape index (κ2) is 6.36. The molecule has 1 N–H and O–H groups in total. The van der Waals surface area contributed by atoms with Crippen LogP contribution < -0.4 is 4.72 Å². The fourth-order valence-electron chi connectivity index (χ4n) is 1.66. The molecule has 1 heterocycles. The smallest absolute Gasteiger partial charge is 0.243 e. The molecule has 0 spiro atoms. The Hall–Kier alpha value is -0.730. The maximum Gasteiger partial charge on any atom is 0.243 e. The lowest BCUT2D eigenvalue weighted by molar-refractivity contribution is 0.204. The van der Waals surface area contributed by atoms with E-state index in [1.54, 1.807) is 18.2 Å². The summed E-state index contributed by atoms with van der Waals surface area (Å²) in [5, 5.41) is 0.747. The minimum atomic E-state index is -3.70. The fraction of sp³-hybridized carbons (Fsp3) is 0.250. The molecule has 108 valence electrons. The van der Waals surface area contributed by atoms with Gasteiger partial charge >= 0.3 is 0 Å². The van der Waals surface area contributed by atoms with E-state index in [2.05, 4.69) is 25.6 Å². The molecule has 2 aromatic rings. The number of rotatable bonds is 5. The van der Waals surface area contributed by atoms with E-state index in [9.17, 15) is 8.42 Å². The molecule has 0 amide bonds. The second-order valence-corrected chi connectivity index (χ2v) is 7.02. The van der Waals surface area contributed by atoms with Crippen molar-refractivity contribution in [1.29, 1.82) is 0 Å². The molecule has 0 saturated heterocycles. The van der Waals surface area contributed by atoms with Crippen LogP contribution in [0.5, 0.6) is 0 Å². The van der Waals surface area contributed by atoms with Crippen molar-refractivity contribution in [3.8, 4) is 0 Å². The van der Waals surface area contributed by atoms with Crippen LogP contribution in [0.15, 0.2) is 33.8 Å². The van der Waals surface area contributed by atoms with Crippen LogP contribution in [0.2, 0.25) is 5.02 Å². The predicted octanol–water partition coefficient (Wildman–Crippen LogP) is 2.58. The molecular formula is C12H12BrClN2O3S. The normalized spacial score (nSPS) is 11.9. The van der Waals surface area contributed by atoms with Crippen molar-refractivity contribution in [3.63, 3.8) is 0 Å². The van der Waals surface area contributed by atoms with Crippen molar-refractivity contribution in [3.05, 3.63) is 33.9 Å². The van der Waals surface area contributed by atoms with Crippen LogP contribution >= 0.6 is 27.5 Å². The zero-order valence-electron chi connectivity index (χ0n) is 10.6. The molecule has 0 fully saturated rings. The van der Waals surface area contributed by atoms with Crippen LogP contribution in [0, 0.1) is 0 Å². The number of hydrogen-bond donors (Lipinski definition) is 1. The lowest BCUT2D eigenvalue weighted by atomic mass is 10.2. The Morgan fingerprint density at radius 3 is 2.90 bits per heavy atom. The van der Waals surface area contributed by atoms with Gasteiger partial charge in [-0.25, -0.2) is 13.1 Å². The molecule has 0 aliphatic carbocycles. The van der Waals surface area contributed by atoms with Crippen molar-refractivity contribution >= 4 is 48.5 Å². The first kappa shape index (κ1) is 15.7. The molecule has 2 rings (SSSR count). The third-order valence-corrected chi connectivity index (χ3v) is 5.11. The minimum absolute atomic E-state index is 0.0370. The highest BCUT2D eigenvalue weighted by atomic mass is 79.9. The second-order valence-electron chi connectivity index (χ2n) is 3.99. The van der Waals surface area contributed by atoms with Gasteiger partial charge in [0.1, 0.15) is 4.90 Å². The van der Waals surface area contributed by atoms with Crippen molar-refractivity contribution in [1.82, 2.24) is 9.71 Å². The van der Waals surface area contributed by atoms with E-state index in [4.69, 9.17) is 16.3 Å². The Morgan fingerprint density at radius 1 is 1.45 bits per heavy atom. The molecule has 1 aromatic carbocycles. The monoisotopic (exact) mass is 378 g/mol. The van der Waals surface area contributed by atoms with Crippen molar-refractivity contribution in [2.24, 2.45) is 0 Å². The molecule has 0 radical (unpaired) electrons. The molecule has 0 saturated carbocycles. The van der Waals surface area contributed by atoms with Crippen LogP contribution in [-0.4, -0.2) is 33.7 Å². The summed E-state index contributed by atoms with van der Waals surface area (Å²) >= 11 is 9.52. The topological polar surface area (TPSA) is 68.3 Å². The SMILES string of the molecule is COCCNS(=O)(=O)c1cnc2cc(Br)ccc2c1Cl. The summed E-state index contributed by atoms with van der Waals surface area (Å²) in [5.41, 5.74) is 0.625. The quantitative estimate of drug-likeness (QED) is 0.811. The Bertz CT molecular complexity index is 737. The molecule has 8 heteroatoms. The maximum absolute atomic E-state index is 12.1. The van der Waals surface area contributed by atoms with Crippen LogP contribution in [0.1, 0.15) is 0 Å². The molecule has 0 unspecified atom stereocenters. The van der Waals surface area contributed by atoms with E-state index < -0.39 is 10.0 Å².